The molecule has 22 heavy (non-hydrogen) atoms. The van der Waals surface area contributed by atoms with E-state index in [9.17, 15) is 20.0 Å². The number of aryl methyl sites for hydroxylation is 1. The van der Waals surface area contributed by atoms with Crippen molar-refractivity contribution in [2.45, 2.75) is 25.1 Å². The smallest absolute Gasteiger partial charge is 0.345 e. The van der Waals surface area contributed by atoms with Gasteiger partial charge in [-0.25, -0.2) is 9.78 Å². The fraction of sp³-hybridized carbons (Fsp3) is 0.538. The minimum atomic E-state index is -0.795. The van der Waals surface area contributed by atoms with E-state index in [1.165, 1.54) is 17.8 Å². The first-order valence-corrected chi connectivity index (χ1v) is 7.79. The summed E-state index contributed by atoms with van der Waals surface area (Å²) < 4.78 is 4.59. The molecule has 0 aromatic carbocycles. The number of nitrogens with zero attached hydrogens (tertiary/aromatic N) is 2. The molecule has 0 amide bonds. The van der Waals surface area contributed by atoms with Gasteiger partial charge in [0, 0.05) is 17.0 Å². The third-order valence-corrected chi connectivity index (χ3v) is 4.28. The number of nitro groups is 1. The standard InChI is InChI=1S/C13H19N3O5S/c1-7-5-9(13(18)21-3)11(16(19)20)12(14-7)15-8(2)10(6-17)22-4/h5,8,10,17H,6H2,1-4H3,(H,14,15)/t8-,10-/m0/s1. The Labute approximate surface area is 132 Å². The van der Waals surface area contributed by atoms with Crippen molar-refractivity contribution in [1.82, 2.24) is 4.98 Å². The Morgan fingerprint density at radius 1 is 1.64 bits per heavy atom. The first-order valence-electron chi connectivity index (χ1n) is 6.50. The molecule has 0 aliphatic rings. The molecule has 1 aromatic rings. The minimum Gasteiger partial charge on any atom is -0.465 e. The number of carbonyl (C=O) groups excluding carboxylic acids is 1. The maximum Gasteiger partial charge on any atom is 0.345 e. The van der Waals surface area contributed by atoms with E-state index in [1.807, 2.05) is 6.26 Å². The second-order valence-electron chi connectivity index (χ2n) is 4.65. The lowest BCUT2D eigenvalue weighted by Crippen LogP contribution is -2.31. The zero-order valence-electron chi connectivity index (χ0n) is 12.8. The van der Waals surface area contributed by atoms with E-state index in [2.05, 4.69) is 15.0 Å². The normalized spacial score (nSPS) is 13.3. The number of ether oxygens (including phenoxy) is 1. The number of carbonyl (C=O) groups is 1. The number of hydrogen-bond acceptors (Lipinski definition) is 8. The van der Waals surface area contributed by atoms with Crippen molar-refractivity contribution in [3.63, 3.8) is 0 Å². The number of methoxy groups -OCH3 is 1. The largest absolute Gasteiger partial charge is 0.465 e. The quantitative estimate of drug-likeness (QED) is 0.440. The second-order valence-corrected chi connectivity index (χ2v) is 5.72. The lowest BCUT2D eigenvalue weighted by Gasteiger charge is -2.22. The third-order valence-electron chi connectivity index (χ3n) is 3.11. The number of thioether (sulfide) groups is 1. The van der Waals surface area contributed by atoms with E-state index < -0.39 is 16.6 Å². The fourth-order valence-electron chi connectivity index (χ4n) is 1.96. The predicted molar refractivity (Wildman–Crippen MR) is 84.4 cm³/mol. The van der Waals surface area contributed by atoms with E-state index in [0.717, 1.165) is 7.11 Å². The molecule has 0 fully saturated rings. The van der Waals surface area contributed by atoms with E-state index in [4.69, 9.17) is 0 Å². The highest BCUT2D eigenvalue weighted by Crippen LogP contribution is 2.29. The maximum atomic E-state index is 11.7. The molecule has 1 rings (SSSR count). The zero-order chi connectivity index (χ0) is 16.9. The Bertz CT molecular complexity index is 563. The molecule has 0 aliphatic heterocycles. The molecule has 9 heteroatoms. The number of pyridine rings is 1. The lowest BCUT2D eigenvalue weighted by atomic mass is 10.1. The maximum absolute atomic E-state index is 11.7. The molecule has 8 nitrogen and oxygen atoms in total. The van der Waals surface area contributed by atoms with E-state index in [1.54, 1.807) is 13.8 Å². The molecule has 2 atom stereocenters. The Kier molecular flexibility index (Phi) is 6.57. The highest BCUT2D eigenvalue weighted by atomic mass is 32.2. The van der Waals surface area contributed by atoms with Gasteiger partial charge in [0.05, 0.1) is 18.6 Å². The highest BCUT2D eigenvalue weighted by molar-refractivity contribution is 7.99. The van der Waals surface area contributed by atoms with Gasteiger partial charge in [0.2, 0.25) is 5.82 Å². The van der Waals surface area contributed by atoms with Crippen LogP contribution >= 0.6 is 11.8 Å². The van der Waals surface area contributed by atoms with Gasteiger partial charge in [-0.15, -0.1) is 0 Å². The summed E-state index contributed by atoms with van der Waals surface area (Å²) >= 11 is 1.43. The van der Waals surface area contributed by atoms with Gasteiger partial charge < -0.3 is 15.2 Å². The molecule has 0 radical (unpaired) electrons. The monoisotopic (exact) mass is 329 g/mol. The van der Waals surface area contributed by atoms with Crippen LogP contribution in [0.4, 0.5) is 11.5 Å². The number of anilines is 1. The van der Waals surface area contributed by atoms with Crippen LogP contribution in [0.5, 0.6) is 0 Å². The molecule has 0 bridgehead atoms. The van der Waals surface area contributed by atoms with E-state index in [0.29, 0.717) is 5.69 Å². The summed E-state index contributed by atoms with van der Waals surface area (Å²) in [7, 11) is 1.16. The zero-order valence-corrected chi connectivity index (χ0v) is 13.6. The van der Waals surface area contributed by atoms with Crippen LogP contribution in [0.2, 0.25) is 0 Å². The molecule has 0 saturated heterocycles. The summed E-state index contributed by atoms with van der Waals surface area (Å²) in [4.78, 5) is 26.5. The summed E-state index contributed by atoms with van der Waals surface area (Å²) in [5.74, 6) is -0.804. The second kappa shape index (κ2) is 7.95. The number of aliphatic hydroxyl groups excluding tert-OH is 1. The number of nitrogens with one attached hydrogen (secondary N) is 1. The van der Waals surface area contributed by atoms with Crippen molar-refractivity contribution in [1.29, 1.82) is 0 Å². The molecule has 122 valence electrons. The Hall–Kier alpha value is -1.87. The number of hydrogen-bond donors (Lipinski definition) is 2. The Morgan fingerprint density at radius 3 is 2.73 bits per heavy atom. The van der Waals surface area contributed by atoms with Crippen LogP contribution in [0, 0.1) is 17.0 Å². The van der Waals surface area contributed by atoms with Crippen LogP contribution in [-0.4, -0.2) is 52.2 Å². The lowest BCUT2D eigenvalue weighted by molar-refractivity contribution is -0.384. The number of aromatic nitrogens is 1. The van der Waals surface area contributed by atoms with Crippen LogP contribution in [-0.2, 0) is 4.74 Å². The van der Waals surface area contributed by atoms with Crippen molar-refractivity contribution < 1.29 is 19.6 Å². The first kappa shape index (κ1) is 18.2. The van der Waals surface area contributed by atoms with Crippen LogP contribution in [0.15, 0.2) is 6.07 Å². The molecule has 2 N–H and O–H groups in total. The topological polar surface area (TPSA) is 115 Å². The predicted octanol–water partition coefficient (Wildman–Crippen LogP) is 1.61. The summed E-state index contributed by atoms with van der Waals surface area (Å²) in [5, 5.41) is 23.4. The van der Waals surface area contributed by atoms with Gasteiger partial charge in [-0.05, 0) is 26.2 Å². The molecular weight excluding hydrogens is 310 g/mol. The number of rotatable bonds is 7. The summed E-state index contributed by atoms with van der Waals surface area (Å²) in [6.45, 7) is 3.33. The Morgan fingerprint density at radius 2 is 2.27 bits per heavy atom. The fourth-order valence-corrected chi connectivity index (χ4v) is 2.59. The minimum absolute atomic E-state index is 0.00889. The van der Waals surface area contributed by atoms with Gasteiger partial charge in [-0.3, -0.25) is 10.1 Å². The van der Waals surface area contributed by atoms with Gasteiger partial charge in [-0.2, -0.15) is 11.8 Å². The van der Waals surface area contributed by atoms with Crippen LogP contribution in [0.3, 0.4) is 0 Å². The molecule has 0 unspecified atom stereocenters. The van der Waals surface area contributed by atoms with E-state index in [-0.39, 0.29) is 29.3 Å². The van der Waals surface area contributed by atoms with Gasteiger partial charge >= 0.3 is 11.7 Å². The summed E-state index contributed by atoms with van der Waals surface area (Å²) in [5.41, 5.74) is -0.133. The molecule has 1 aromatic heterocycles. The average molecular weight is 329 g/mol. The first-order chi connectivity index (χ1) is 10.3. The Balaban J connectivity index is 3.31. The van der Waals surface area contributed by atoms with Crippen LogP contribution in [0.1, 0.15) is 23.0 Å². The van der Waals surface area contributed by atoms with Crippen LogP contribution in [0.25, 0.3) is 0 Å². The van der Waals surface area contributed by atoms with Gasteiger partial charge in [0.25, 0.3) is 0 Å². The van der Waals surface area contributed by atoms with Gasteiger partial charge in [0.1, 0.15) is 5.56 Å². The summed E-state index contributed by atoms with van der Waals surface area (Å²) in [6, 6.07) is 1.04. The highest BCUT2D eigenvalue weighted by Gasteiger charge is 2.29. The van der Waals surface area contributed by atoms with Crippen molar-refractivity contribution in [2.75, 3.05) is 25.3 Å². The number of esters is 1. The van der Waals surface area contributed by atoms with Crippen LogP contribution < -0.4 is 5.32 Å². The van der Waals surface area contributed by atoms with Crippen molar-refractivity contribution in [3.8, 4) is 0 Å². The molecule has 0 spiro atoms. The van der Waals surface area contributed by atoms with E-state index >= 15 is 0 Å². The SMILES string of the molecule is COC(=O)c1cc(C)nc(N[C@@H](C)[C@H](CO)SC)c1[N+](=O)[O-]. The molecular formula is C13H19N3O5S. The van der Waals surface area contributed by atoms with Crippen molar-refractivity contribution in [3.05, 3.63) is 27.4 Å². The molecule has 0 saturated carbocycles. The summed E-state index contributed by atoms with van der Waals surface area (Å²) in [6.07, 6.45) is 1.83. The van der Waals surface area contributed by atoms with Crippen molar-refractivity contribution >= 4 is 29.2 Å². The third kappa shape index (κ3) is 4.08. The van der Waals surface area contributed by atoms with Gasteiger partial charge in [0.15, 0.2) is 0 Å². The number of aliphatic hydroxyl groups is 1. The molecule has 0 aliphatic carbocycles. The molecule has 1 heterocycles. The average Bonchev–Trinajstić information content (AvgIpc) is 2.46. The van der Waals surface area contributed by atoms with Gasteiger partial charge in [-0.1, -0.05) is 0 Å². The van der Waals surface area contributed by atoms with Crippen molar-refractivity contribution in [2.24, 2.45) is 0 Å².